The first-order valence-electron chi connectivity index (χ1n) is 6.98. The SMILES string of the molecule is COc1cc(C2(C(=O)O)CCCC2)cc2c(C)c[nH]c12. The normalized spacial score (nSPS) is 17.5. The summed E-state index contributed by atoms with van der Waals surface area (Å²) in [4.78, 5) is 15.0. The van der Waals surface area contributed by atoms with E-state index < -0.39 is 11.4 Å². The minimum absolute atomic E-state index is 0.709. The zero-order valence-electron chi connectivity index (χ0n) is 11.8. The van der Waals surface area contributed by atoms with Crippen LogP contribution in [0.5, 0.6) is 5.75 Å². The van der Waals surface area contributed by atoms with Gasteiger partial charge in [-0.2, -0.15) is 0 Å². The van der Waals surface area contributed by atoms with Crippen molar-refractivity contribution >= 4 is 16.9 Å². The molecule has 0 amide bonds. The number of aryl methyl sites for hydroxylation is 1. The summed E-state index contributed by atoms with van der Waals surface area (Å²) in [6.07, 6.45) is 5.29. The van der Waals surface area contributed by atoms with Crippen molar-refractivity contribution in [3.05, 3.63) is 29.5 Å². The summed E-state index contributed by atoms with van der Waals surface area (Å²) in [5, 5.41) is 10.8. The number of aromatic amines is 1. The van der Waals surface area contributed by atoms with Crippen molar-refractivity contribution in [3.63, 3.8) is 0 Å². The summed E-state index contributed by atoms with van der Waals surface area (Å²) >= 11 is 0. The maximum Gasteiger partial charge on any atom is 0.314 e. The van der Waals surface area contributed by atoms with Gasteiger partial charge in [-0.3, -0.25) is 4.79 Å². The molecule has 1 saturated carbocycles. The lowest BCUT2D eigenvalue weighted by molar-refractivity contribution is -0.143. The first-order valence-corrected chi connectivity index (χ1v) is 6.98. The van der Waals surface area contributed by atoms with Crippen LogP contribution in [0.15, 0.2) is 18.3 Å². The Balaban J connectivity index is 2.25. The van der Waals surface area contributed by atoms with E-state index in [1.807, 2.05) is 25.3 Å². The maximum absolute atomic E-state index is 11.8. The van der Waals surface area contributed by atoms with E-state index in [1.54, 1.807) is 7.11 Å². The fourth-order valence-electron chi connectivity index (χ4n) is 3.38. The molecule has 0 saturated heterocycles. The van der Waals surface area contributed by atoms with Gasteiger partial charge in [0.1, 0.15) is 5.75 Å². The second kappa shape index (κ2) is 4.54. The Hall–Kier alpha value is -1.97. The Morgan fingerprint density at radius 1 is 1.35 bits per heavy atom. The van der Waals surface area contributed by atoms with Crippen LogP contribution in [0.2, 0.25) is 0 Å². The average molecular weight is 273 g/mol. The van der Waals surface area contributed by atoms with Gasteiger partial charge >= 0.3 is 5.97 Å². The highest BCUT2D eigenvalue weighted by Crippen LogP contribution is 2.44. The van der Waals surface area contributed by atoms with Crippen LogP contribution >= 0.6 is 0 Å². The topological polar surface area (TPSA) is 62.3 Å². The third-order valence-electron chi connectivity index (χ3n) is 4.60. The summed E-state index contributed by atoms with van der Waals surface area (Å²) in [6, 6.07) is 3.90. The number of fused-ring (bicyclic) bond motifs is 1. The van der Waals surface area contributed by atoms with Crippen LogP contribution in [0.4, 0.5) is 0 Å². The molecule has 0 atom stereocenters. The van der Waals surface area contributed by atoms with Crippen molar-refractivity contribution in [1.82, 2.24) is 4.98 Å². The number of carboxylic acid groups (broad SMARTS) is 1. The molecule has 0 radical (unpaired) electrons. The number of aliphatic carboxylic acids is 1. The van der Waals surface area contributed by atoms with Crippen molar-refractivity contribution in [1.29, 1.82) is 0 Å². The van der Waals surface area contributed by atoms with E-state index in [4.69, 9.17) is 4.74 Å². The maximum atomic E-state index is 11.8. The molecule has 1 aromatic heterocycles. The highest BCUT2D eigenvalue weighted by Gasteiger charge is 2.43. The fraction of sp³-hybridized carbons (Fsp3) is 0.438. The summed E-state index contributed by atoms with van der Waals surface area (Å²) in [5.74, 6) is 0.00252. The molecule has 0 spiro atoms. The number of carboxylic acids is 1. The smallest absolute Gasteiger partial charge is 0.314 e. The number of hydrogen-bond donors (Lipinski definition) is 2. The molecule has 1 aromatic carbocycles. The molecule has 1 aliphatic rings. The molecule has 0 aliphatic heterocycles. The van der Waals surface area contributed by atoms with Crippen molar-refractivity contribution < 1.29 is 14.6 Å². The van der Waals surface area contributed by atoms with Crippen LogP contribution in [0.1, 0.15) is 36.8 Å². The minimum atomic E-state index is -0.745. The lowest BCUT2D eigenvalue weighted by Crippen LogP contribution is -2.32. The van der Waals surface area contributed by atoms with E-state index in [9.17, 15) is 9.90 Å². The largest absolute Gasteiger partial charge is 0.495 e. The van der Waals surface area contributed by atoms with E-state index in [-0.39, 0.29) is 0 Å². The molecular weight excluding hydrogens is 254 g/mol. The van der Waals surface area contributed by atoms with Gasteiger partial charge in [0.05, 0.1) is 18.0 Å². The Morgan fingerprint density at radius 3 is 2.65 bits per heavy atom. The summed E-state index contributed by atoms with van der Waals surface area (Å²) < 4.78 is 5.44. The molecule has 0 unspecified atom stereocenters. The Kier molecular flexibility index (Phi) is 2.96. The number of nitrogens with one attached hydrogen (secondary N) is 1. The van der Waals surface area contributed by atoms with E-state index in [1.165, 1.54) is 0 Å². The number of rotatable bonds is 3. The molecule has 0 bridgehead atoms. The van der Waals surface area contributed by atoms with Crippen LogP contribution in [0, 0.1) is 6.92 Å². The predicted molar refractivity (Wildman–Crippen MR) is 77.4 cm³/mol. The number of H-pyrrole nitrogens is 1. The summed E-state index contributed by atoms with van der Waals surface area (Å²) in [5.41, 5.74) is 2.17. The second-order valence-electron chi connectivity index (χ2n) is 5.67. The molecule has 4 nitrogen and oxygen atoms in total. The summed E-state index contributed by atoms with van der Waals surface area (Å²) in [7, 11) is 1.62. The van der Waals surface area contributed by atoms with Crippen LogP contribution in [-0.2, 0) is 10.2 Å². The van der Waals surface area contributed by atoms with Crippen molar-refractivity contribution in [3.8, 4) is 5.75 Å². The van der Waals surface area contributed by atoms with Gasteiger partial charge in [0.15, 0.2) is 0 Å². The molecule has 4 heteroatoms. The van der Waals surface area contributed by atoms with Crippen LogP contribution in [0.25, 0.3) is 10.9 Å². The molecule has 2 N–H and O–H groups in total. The van der Waals surface area contributed by atoms with E-state index in [0.717, 1.165) is 40.6 Å². The number of aromatic nitrogens is 1. The van der Waals surface area contributed by atoms with E-state index in [0.29, 0.717) is 12.8 Å². The highest BCUT2D eigenvalue weighted by atomic mass is 16.5. The van der Waals surface area contributed by atoms with Crippen molar-refractivity contribution in [2.45, 2.75) is 38.0 Å². The zero-order valence-corrected chi connectivity index (χ0v) is 11.8. The Labute approximate surface area is 117 Å². The van der Waals surface area contributed by atoms with Crippen molar-refractivity contribution in [2.24, 2.45) is 0 Å². The zero-order chi connectivity index (χ0) is 14.3. The summed E-state index contributed by atoms with van der Waals surface area (Å²) in [6.45, 7) is 2.02. The van der Waals surface area contributed by atoms with Crippen LogP contribution < -0.4 is 4.74 Å². The average Bonchev–Trinajstić information content (AvgIpc) is 3.06. The van der Waals surface area contributed by atoms with Crippen LogP contribution in [0.3, 0.4) is 0 Å². The first-order chi connectivity index (χ1) is 9.58. The van der Waals surface area contributed by atoms with Crippen molar-refractivity contribution in [2.75, 3.05) is 7.11 Å². The van der Waals surface area contributed by atoms with Gasteiger partial charge in [0, 0.05) is 11.6 Å². The van der Waals surface area contributed by atoms with Gasteiger partial charge in [0.25, 0.3) is 0 Å². The third kappa shape index (κ3) is 1.71. The van der Waals surface area contributed by atoms with Gasteiger partial charge in [-0.05, 0) is 43.0 Å². The molecular formula is C16H19NO3. The molecule has 1 fully saturated rings. The molecule has 1 aliphatic carbocycles. The molecule has 3 rings (SSSR count). The quantitative estimate of drug-likeness (QED) is 0.901. The molecule has 106 valence electrons. The lowest BCUT2D eigenvalue weighted by Gasteiger charge is -2.25. The van der Waals surface area contributed by atoms with Gasteiger partial charge in [-0.1, -0.05) is 12.8 Å². The molecule has 1 heterocycles. The number of methoxy groups -OCH3 is 1. The first kappa shape index (κ1) is 13.0. The number of ether oxygens (including phenoxy) is 1. The highest BCUT2D eigenvalue weighted by molar-refractivity contribution is 5.91. The van der Waals surface area contributed by atoms with Gasteiger partial charge in [-0.25, -0.2) is 0 Å². The third-order valence-corrected chi connectivity index (χ3v) is 4.60. The molecule has 20 heavy (non-hydrogen) atoms. The van der Waals surface area contributed by atoms with Gasteiger partial charge < -0.3 is 14.8 Å². The van der Waals surface area contributed by atoms with Gasteiger partial charge in [0.2, 0.25) is 0 Å². The minimum Gasteiger partial charge on any atom is -0.495 e. The molecule has 2 aromatic rings. The lowest BCUT2D eigenvalue weighted by atomic mass is 9.78. The number of hydrogen-bond acceptors (Lipinski definition) is 2. The van der Waals surface area contributed by atoms with Crippen LogP contribution in [-0.4, -0.2) is 23.2 Å². The Bertz CT molecular complexity index is 666. The second-order valence-corrected chi connectivity index (χ2v) is 5.67. The van der Waals surface area contributed by atoms with E-state index >= 15 is 0 Å². The fourth-order valence-corrected chi connectivity index (χ4v) is 3.38. The van der Waals surface area contributed by atoms with E-state index in [2.05, 4.69) is 4.98 Å². The monoisotopic (exact) mass is 273 g/mol. The number of carbonyl (C=O) groups is 1. The van der Waals surface area contributed by atoms with Gasteiger partial charge in [-0.15, -0.1) is 0 Å². The number of benzene rings is 1. The Morgan fingerprint density at radius 2 is 2.05 bits per heavy atom. The predicted octanol–water partition coefficient (Wildman–Crippen LogP) is 3.38. The standard InChI is InChI=1S/C16H19NO3/c1-10-9-17-14-12(10)7-11(8-13(14)20-2)16(15(18)19)5-3-4-6-16/h7-9,17H,3-6H2,1-2H3,(H,18,19).